The number of hydrogen-bond donors (Lipinski definition) is 1. The Labute approximate surface area is 135 Å². The first-order valence-corrected chi connectivity index (χ1v) is 7.31. The van der Waals surface area contributed by atoms with Gasteiger partial charge in [-0.25, -0.2) is 4.79 Å². The van der Waals surface area contributed by atoms with Crippen molar-refractivity contribution in [2.75, 3.05) is 11.9 Å². The molecule has 0 saturated heterocycles. The minimum absolute atomic E-state index is 0.314. The number of nitrogens with one attached hydrogen (secondary N) is 1. The monoisotopic (exact) mass is 309 g/mol. The second kappa shape index (κ2) is 7.94. The number of anilines is 1. The molecule has 23 heavy (non-hydrogen) atoms. The Morgan fingerprint density at radius 1 is 1.09 bits per heavy atom. The molecule has 0 aliphatic heterocycles. The molecule has 4 nitrogen and oxygen atoms in total. The third kappa shape index (κ3) is 5.43. The van der Waals surface area contributed by atoms with Gasteiger partial charge in [0.2, 0.25) is 0 Å². The van der Waals surface area contributed by atoms with E-state index in [0.717, 1.165) is 22.4 Å². The zero-order valence-electron chi connectivity index (χ0n) is 13.2. The van der Waals surface area contributed by atoms with Crippen LogP contribution in [0.15, 0.2) is 54.6 Å². The molecule has 0 saturated carbocycles. The molecule has 0 bridgehead atoms. The zero-order valence-corrected chi connectivity index (χ0v) is 13.2. The zero-order chi connectivity index (χ0) is 16.7. The number of benzene rings is 2. The molecule has 0 radical (unpaired) electrons. The van der Waals surface area contributed by atoms with E-state index in [9.17, 15) is 9.59 Å². The van der Waals surface area contributed by atoms with Gasteiger partial charge in [-0.3, -0.25) is 4.79 Å². The maximum Gasteiger partial charge on any atom is 0.331 e. The average molecular weight is 309 g/mol. The predicted octanol–water partition coefficient (Wildman–Crippen LogP) is 3.50. The molecule has 0 unspecified atom stereocenters. The Morgan fingerprint density at radius 3 is 2.57 bits per heavy atom. The summed E-state index contributed by atoms with van der Waals surface area (Å²) < 4.78 is 4.93. The summed E-state index contributed by atoms with van der Waals surface area (Å²) in [6.45, 7) is 3.54. The van der Waals surface area contributed by atoms with Gasteiger partial charge in [0.25, 0.3) is 5.91 Å². The minimum Gasteiger partial charge on any atom is -0.452 e. The number of hydrogen-bond acceptors (Lipinski definition) is 3. The summed E-state index contributed by atoms with van der Waals surface area (Å²) in [6, 6.07) is 15.2. The van der Waals surface area contributed by atoms with E-state index >= 15 is 0 Å². The number of rotatable bonds is 5. The SMILES string of the molecule is Cc1ccc(C)c(NC(=O)COC(=O)C=Cc2ccccc2)c1. The highest BCUT2D eigenvalue weighted by Crippen LogP contribution is 2.16. The van der Waals surface area contributed by atoms with Gasteiger partial charge < -0.3 is 10.1 Å². The van der Waals surface area contributed by atoms with E-state index in [1.165, 1.54) is 6.08 Å². The molecule has 0 spiro atoms. The van der Waals surface area contributed by atoms with Crippen LogP contribution in [0.3, 0.4) is 0 Å². The van der Waals surface area contributed by atoms with E-state index < -0.39 is 5.97 Å². The molecule has 0 fully saturated rings. The van der Waals surface area contributed by atoms with Gasteiger partial charge in [0.15, 0.2) is 6.61 Å². The fourth-order valence-corrected chi connectivity index (χ4v) is 1.97. The van der Waals surface area contributed by atoms with E-state index in [0.29, 0.717) is 0 Å². The first kappa shape index (κ1) is 16.5. The van der Waals surface area contributed by atoms with Crippen molar-refractivity contribution < 1.29 is 14.3 Å². The van der Waals surface area contributed by atoms with Crippen LogP contribution in [0, 0.1) is 13.8 Å². The summed E-state index contributed by atoms with van der Waals surface area (Å²) in [6.07, 6.45) is 2.95. The van der Waals surface area contributed by atoms with Crippen molar-refractivity contribution in [1.82, 2.24) is 0 Å². The van der Waals surface area contributed by atoms with Crippen molar-refractivity contribution in [3.8, 4) is 0 Å². The summed E-state index contributed by atoms with van der Waals surface area (Å²) in [5, 5.41) is 2.74. The van der Waals surface area contributed by atoms with E-state index in [1.54, 1.807) is 6.08 Å². The number of esters is 1. The lowest BCUT2D eigenvalue weighted by Crippen LogP contribution is -2.20. The fourth-order valence-electron chi connectivity index (χ4n) is 1.97. The van der Waals surface area contributed by atoms with Gasteiger partial charge >= 0.3 is 5.97 Å². The van der Waals surface area contributed by atoms with E-state index in [4.69, 9.17) is 4.74 Å². The molecular formula is C19H19NO3. The van der Waals surface area contributed by atoms with Crippen LogP contribution in [0.25, 0.3) is 6.08 Å². The van der Waals surface area contributed by atoms with Crippen molar-refractivity contribution in [2.45, 2.75) is 13.8 Å². The van der Waals surface area contributed by atoms with Crippen molar-refractivity contribution >= 4 is 23.6 Å². The average Bonchev–Trinajstić information content (AvgIpc) is 2.55. The molecule has 1 N–H and O–H groups in total. The molecule has 0 aliphatic carbocycles. The Balaban J connectivity index is 1.83. The Hall–Kier alpha value is -2.88. The van der Waals surface area contributed by atoms with Gasteiger partial charge in [-0.1, -0.05) is 42.5 Å². The standard InChI is InChI=1S/C19H19NO3/c1-14-8-9-15(2)17(12-14)20-18(21)13-23-19(22)11-10-16-6-4-3-5-7-16/h3-12H,13H2,1-2H3,(H,20,21). The van der Waals surface area contributed by atoms with E-state index in [-0.39, 0.29) is 12.5 Å². The Morgan fingerprint density at radius 2 is 1.83 bits per heavy atom. The van der Waals surface area contributed by atoms with Gasteiger partial charge in [0, 0.05) is 11.8 Å². The fraction of sp³-hybridized carbons (Fsp3) is 0.158. The molecule has 0 atom stereocenters. The quantitative estimate of drug-likeness (QED) is 0.679. The summed E-state index contributed by atoms with van der Waals surface area (Å²) >= 11 is 0. The van der Waals surface area contributed by atoms with Crippen molar-refractivity contribution in [3.63, 3.8) is 0 Å². The first-order valence-electron chi connectivity index (χ1n) is 7.31. The van der Waals surface area contributed by atoms with Gasteiger partial charge in [-0.2, -0.15) is 0 Å². The lowest BCUT2D eigenvalue weighted by molar-refractivity contribution is -0.142. The van der Waals surface area contributed by atoms with E-state index in [1.807, 2.05) is 62.4 Å². The largest absolute Gasteiger partial charge is 0.452 e. The van der Waals surface area contributed by atoms with Crippen molar-refractivity contribution in [1.29, 1.82) is 0 Å². The van der Waals surface area contributed by atoms with Crippen LogP contribution in [-0.4, -0.2) is 18.5 Å². The van der Waals surface area contributed by atoms with Crippen LogP contribution in [0.1, 0.15) is 16.7 Å². The van der Waals surface area contributed by atoms with Crippen LogP contribution in [0.4, 0.5) is 5.69 Å². The smallest absolute Gasteiger partial charge is 0.331 e. The van der Waals surface area contributed by atoms with Crippen LogP contribution in [-0.2, 0) is 14.3 Å². The highest BCUT2D eigenvalue weighted by molar-refractivity contribution is 5.95. The summed E-state index contributed by atoms with van der Waals surface area (Å²) in [5.41, 5.74) is 3.63. The lowest BCUT2D eigenvalue weighted by atomic mass is 10.1. The van der Waals surface area contributed by atoms with Crippen LogP contribution < -0.4 is 5.32 Å². The van der Waals surface area contributed by atoms with Gasteiger partial charge in [0.05, 0.1) is 0 Å². The topological polar surface area (TPSA) is 55.4 Å². The van der Waals surface area contributed by atoms with Gasteiger partial charge in [-0.15, -0.1) is 0 Å². The minimum atomic E-state index is -0.551. The summed E-state index contributed by atoms with van der Waals surface area (Å²) in [7, 11) is 0. The van der Waals surface area contributed by atoms with Crippen LogP contribution in [0.2, 0.25) is 0 Å². The third-order valence-corrected chi connectivity index (χ3v) is 3.22. The third-order valence-electron chi connectivity index (χ3n) is 3.22. The Kier molecular flexibility index (Phi) is 5.69. The van der Waals surface area contributed by atoms with Crippen LogP contribution >= 0.6 is 0 Å². The van der Waals surface area contributed by atoms with Crippen molar-refractivity contribution in [3.05, 3.63) is 71.3 Å². The van der Waals surface area contributed by atoms with Gasteiger partial charge in [0.1, 0.15) is 0 Å². The maximum atomic E-state index is 11.8. The number of carbonyl (C=O) groups excluding carboxylic acids is 2. The molecule has 0 heterocycles. The van der Waals surface area contributed by atoms with Gasteiger partial charge in [-0.05, 0) is 42.7 Å². The van der Waals surface area contributed by atoms with Crippen LogP contribution in [0.5, 0.6) is 0 Å². The number of carbonyl (C=O) groups is 2. The maximum absolute atomic E-state index is 11.8. The number of ether oxygens (including phenoxy) is 1. The first-order chi connectivity index (χ1) is 11.0. The second-order valence-electron chi connectivity index (χ2n) is 5.22. The lowest BCUT2D eigenvalue weighted by Gasteiger charge is -2.09. The highest BCUT2D eigenvalue weighted by atomic mass is 16.5. The molecule has 0 aliphatic rings. The molecule has 2 aromatic rings. The van der Waals surface area contributed by atoms with E-state index in [2.05, 4.69) is 5.32 Å². The molecule has 1 amide bonds. The molecule has 0 aromatic heterocycles. The Bertz CT molecular complexity index is 721. The number of amides is 1. The second-order valence-corrected chi connectivity index (χ2v) is 5.22. The molecule has 118 valence electrons. The summed E-state index contributed by atoms with van der Waals surface area (Å²) in [5.74, 6) is -0.912. The molecule has 4 heteroatoms. The molecular weight excluding hydrogens is 290 g/mol. The highest BCUT2D eigenvalue weighted by Gasteiger charge is 2.07. The normalized spacial score (nSPS) is 10.5. The summed E-state index contributed by atoms with van der Waals surface area (Å²) in [4.78, 5) is 23.4. The number of aryl methyl sites for hydroxylation is 2. The van der Waals surface area contributed by atoms with Crippen molar-refractivity contribution in [2.24, 2.45) is 0 Å². The predicted molar refractivity (Wildman–Crippen MR) is 91.0 cm³/mol. The molecule has 2 rings (SSSR count). The molecule has 2 aromatic carbocycles.